The largest absolute Gasteiger partial charge is 0.298 e. The average Bonchev–Trinajstić information content (AvgIpc) is 3.19. The van der Waals surface area contributed by atoms with Crippen LogP contribution in [0.15, 0.2) is 0 Å². The summed E-state index contributed by atoms with van der Waals surface area (Å²) in [5.74, 6) is 2.90. The molecule has 3 rings (SSSR count). The van der Waals surface area contributed by atoms with Gasteiger partial charge in [-0.1, -0.05) is 26.7 Å². The van der Waals surface area contributed by atoms with Crippen LogP contribution in [0.25, 0.3) is 0 Å². The minimum absolute atomic E-state index is 0.436. The van der Waals surface area contributed by atoms with Crippen molar-refractivity contribution in [2.45, 2.75) is 91.0 Å². The molecule has 0 radical (unpaired) electrons. The Morgan fingerprint density at radius 1 is 0.952 bits per heavy atom. The molecule has 1 spiro atoms. The van der Waals surface area contributed by atoms with E-state index in [1.165, 1.54) is 70.9 Å². The molecule has 3 aliphatic rings. The summed E-state index contributed by atoms with van der Waals surface area (Å²) in [6, 6.07) is 0. The Hall–Kier alpha value is -0.0400. The van der Waals surface area contributed by atoms with Gasteiger partial charge in [0, 0.05) is 5.54 Å². The molecule has 0 amide bonds. The summed E-state index contributed by atoms with van der Waals surface area (Å²) in [4.78, 5) is 2.82. The highest BCUT2D eigenvalue weighted by molar-refractivity contribution is 4.99. The lowest BCUT2D eigenvalue weighted by atomic mass is 9.73. The third-order valence-electron chi connectivity index (χ3n) is 7.26. The first kappa shape index (κ1) is 15.8. The number of nitrogens with zero attached hydrogens (tertiary/aromatic N) is 1. The van der Waals surface area contributed by atoms with E-state index in [0.29, 0.717) is 5.54 Å². The number of piperidine rings is 1. The summed E-state index contributed by atoms with van der Waals surface area (Å²) in [5, 5.41) is 0. The fourth-order valence-electron chi connectivity index (χ4n) is 5.16. The fraction of sp³-hybridized carbons (Fsp3) is 1.00. The van der Waals surface area contributed by atoms with E-state index in [1.54, 1.807) is 0 Å². The second-order valence-corrected chi connectivity index (χ2v) is 9.53. The molecule has 1 aliphatic heterocycles. The van der Waals surface area contributed by atoms with Crippen LogP contribution >= 0.6 is 0 Å². The van der Waals surface area contributed by atoms with Crippen LogP contribution in [0.4, 0.5) is 0 Å². The van der Waals surface area contributed by atoms with Crippen molar-refractivity contribution in [3.8, 4) is 0 Å². The molecule has 1 saturated heterocycles. The van der Waals surface area contributed by atoms with Gasteiger partial charge in [-0.25, -0.2) is 0 Å². The molecule has 0 unspecified atom stereocenters. The lowest BCUT2D eigenvalue weighted by Gasteiger charge is -2.46. The average molecular weight is 292 g/mol. The third kappa shape index (κ3) is 3.66. The van der Waals surface area contributed by atoms with E-state index < -0.39 is 0 Å². The van der Waals surface area contributed by atoms with Gasteiger partial charge in [-0.2, -0.15) is 0 Å². The summed E-state index contributed by atoms with van der Waals surface area (Å²) < 4.78 is 0. The Labute approximate surface area is 132 Å². The Morgan fingerprint density at radius 2 is 1.52 bits per heavy atom. The Bertz CT molecular complexity index is 335. The fourth-order valence-corrected chi connectivity index (χ4v) is 5.16. The summed E-state index contributed by atoms with van der Waals surface area (Å²) >= 11 is 0. The van der Waals surface area contributed by atoms with Gasteiger partial charge in [-0.05, 0) is 95.1 Å². The van der Waals surface area contributed by atoms with Crippen molar-refractivity contribution < 1.29 is 0 Å². The van der Waals surface area contributed by atoms with Gasteiger partial charge >= 0.3 is 0 Å². The maximum atomic E-state index is 2.82. The van der Waals surface area contributed by atoms with Crippen LogP contribution in [0.3, 0.4) is 0 Å². The third-order valence-corrected chi connectivity index (χ3v) is 7.26. The van der Waals surface area contributed by atoms with Crippen LogP contribution in [0.2, 0.25) is 0 Å². The molecule has 0 bridgehead atoms. The molecule has 0 aromatic carbocycles. The molecular weight excluding hydrogens is 254 g/mol. The van der Waals surface area contributed by atoms with Crippen LogP contribution in [-0.4, -0.2) is 23.5 Å². The number of likely N-dealkylation sites (tertiary alicyclic amines) is 1. The number of rotatable bonds is 4. The first-order chi connectivity index (χ1) is 9.90. The van der Waals surface area contributed by atoms with E-state index >= 15 is 0 Å². The molecular formula is C20H37N. The Kier molecular flexibility index (Phi) is 4.43. The summed E-state index contributed by atoms with van der Waals surface area (Å²) in [6.45, 7) is 12.6. The topological polar surface area (TPSA) is 3.24 Å². The van der Waals surface area contributed by atoms with Crippen molar-refractivity contribution in [1.29, 1.82) is 0 Å². The Balaban J connectivity index is 1.47. The number of hydrogen-bond acceptors (Lipinski definition) is 1. The minimum atomic E-state index is 0.436. The first-order valence-electron chi connectivity index (χ1n) is 9.65. The zero-order valence-corrected chi connectivity index (χ0v) is 15.0. The normalized spacial score (nSPS) is 33.6. The quantitative estimate of drug-likeness (QED) is 0.661. The van der Waals surface area contributed by atoms with E-state index in [1.807, 2.05) is 0 Å². The van der Waals surface area contributed by atoms with Gasteiger partial charge < -0.3 is 0 Å². The van der Waals surface area contributed by atoms with Crippen LogP contribution in [0.1, 0.15) is 85.5 Å². The van der Waals surface area contributed by atoms with Gasteiger partial charge in [0.05, 0.1) is 0 Å². The zero-order chi connectivity index (χ0) is 15.1. The molecule has 0 atom stereocenters. The Morgan fingerprint density at radius 3 is 2.00 bits per heavy atom. The van der Waals surface area contributed by atoms with E-state index in [2.05, 4.69) is 32.6 Å². The molecule has 0 aromatic rings. The summed E-state index contributed by atoms with van der Waals surface area (Å²) in [7, 11) is 0. The first-order valence-corrected chi connectivity index (χ1v) is 9.65. The standard InChI is InChI=1S/C20H37N/c1-16(2)18-7-5-17(6-8-18)15-19(3,4)21-13-11-20(9-10-20)12-14-21/h16-18H,5-15H2,1-4H3. The second-order valence-electron chi connectivity index (χ2n) is 9.53. The van der Waals surface area contributed by atoms with Crippen LogP contribution in [0.5, 0.6) is 0 Å². The van der Waals surface area contributed by atoms with E-state index in [-0.39, 0.29) is 0 Å². The molecule has 0 aromatic heterocycles. The summed E-state index contributed by atoms with van der Waals surface area (Å²) in [5.41, 5.74) is 1.26. The predicted octanol–water partition coefficient (Wildman–Crippen LogP) is 5.49. The van der Waals surface area contributed by atoms with Crippen LogP contribution < -0.4 is 0 Å². The van der Waals surface area contributed by atoms with Gasteiger partial charge in [-0.15, -0.1) is 0 Å². The lowest BCUT2D eigenvalue weighted by Crippen LogP contribution is -2.49. The molecule has 2 aliphatic carbocycles. The molecule has 3 fully saturated rings. The van der Waals surface area contributed by atoms with Gasteiger partial charge in [0.15, 0.2) is 0 Å². The highest BCUT2D eigenvalue weighted by Gasteiger charge is 2.46. The maximum Gasteiger partial charge on any atom is 0.0155 e. The summed E-state index contributed by atoms with van der Waals surface area (Å²) in [6.07, 6.45) is 13.4. The molecule has 0 N–H and O–H groups in total. The smallest absolute Gasteiger partial charge is 0.0155 e. The molecule has 1 heterocycles. The molecule has 21 heavy (non-hydrogen) atoms. The zero-order valence-electron chi connectivity index (χ0n) is 15.0. The molecule has 1 nitrogen and oxygen atoms in total. The lowest BCUT2D eigenvalue weighted by molar-refractivity contribution is 0.0419. The monoisotopic (exact) mass is 291 g/mol. The van der Waals surface area contributed by atoms with Gasteiger partial charge in [0.1, 0.15) is 0 Å². The number of hydrogen-bond donors (Lipinski definition) is 0. The highest BCUT2D eigenvalue weighted by Crippen LogP contribution is 2.54. The highest BCUT2D eigenvalue weighted by atomic mass is 15.2. The van der Waals surface area contributed by atoms with E-state index in [9.17, 15) is 0 Å². The van der Waals surface area contributed by atoms with E-state index in [4.69, 9.17) is 0 Å². The van der Waals surface area contributed by atoms with Crippen molar-refractivity contribution in [3.05, 3.63) is 0 Å². The van der Waals surface area contributed by atoms with Crippen molar-refractivity contribution >= 4 is 0 Å². The van der Waals surface area contributed by atoms with Gasteiger partial charge in [0.2, 0.25) is 0 Å². The van der Waals surface area contributed by atoms with Gasteiger partial charge in [-0.3, -0.25) is 4.90 Å². The van der Waals surface area contributed by atoms with Crippen molar-refractivity contribution in [2.75, 3.05) is 13.1 Å². The molecule has 1 heteroatoms. The van der Waals surface area contributed by atoms with Crippen LogP contribution in [-0.2, 0) is 0 Å². The second kappa shape index (κ2) is 5.87. The van der Waals surface area contributed by atoms with Crippen molar-refractivity contribution in [2.24, 2.45) is 23.2 Å². The molecule has 2 saturated carbocycles. The SMILES string of the molecule is CC(C)C1CCC(CC(C)(C)N2CCC3(CC2)CC3)CC1. The van der Waals surface area contributed by atoms with E-state index in [0.717, 1.165) is 23.2 Å². The van der Waals surface area contributed by atoms with Crippen molar-refractivity contribution in [1.82, 2.24) is 4.90 Å². The maximum absolute atomic E-state index is 2.82. The molecule has 122 valence electrons. The van der Waals surface area contributed by atoms with Gasteiger partial charge in [0.25, 0.3) is 0 Å². The minimum Gasteiger partial charge on any atom is -0.298 e. The van der Waals surface area contributed by atoms with Crippen LogP contribution in [0, 0.1) is 23.2 Å². The van der Waals surface area contributed by atoms with Crippen molar-refractivity contribution in [3.63, 3.8) is 0 Å². The predicted molar refractivity (Wildman–Crippen MR) is 91.5 cm³/mol.